The summed E-state index contributed by atoms with van der Waals surface area (Å²) in [6.07, 6.45) is 3.22. The molecule has 130 valence electrons. The molecule has 1 aromatic rings. The van der Waals surface area contributed by atoms with E-state index in [0.717, 1.165) is 5.76 Å². The van der Waals surface area contributed by atoms with Crippen LogP contribution in [0.3, 0.4) is 0 Å². The summed E-state index contributed by atoms with van der Waals surface area (Å²) in [6, 6.07) is 3.60. The second kappa shape index (κ2) is 8.33. The van der Waals surface area contributed by atoms with Crippen LogP contribution in [0.25, 0.3) is 6.08 Å². The number of carbonyl (C=O) groups is 3. The van der Waals surface area contributed by atoms with E-state index in [4.69, 9.17) is 4.42 Å². The monoisotopic (exact) mass is 333 g/mol. The average Bonchev–Trinajstić information content (AvgIpc) is 2.98. The summed E-state index contributed by atoms with van der Waals surface area (Å²) < 4.78 is 5.33. The van der Waals surface area contributed by atoms with Crippen molar-refractivity contribution in [3.63, 3.8) is 0 Å². The Labute approximate surface area is 141 Å². The molecule has 0 spiro atoms. The smallest absolute Gasteiger partial charge is 0.244 e. The van der Waals surface area contributed by atoms with E-state index >= 15 is 0 Å². The number of hydrogen-bond acceptors (Lipinski definition) is 4. The number of hydrogen-bond donors (Lipinski definition) is 1. The van der Waals surface area contributed by atoms with E-state index < -0.39 is 0 Å². The van der Waals surface area contributed by atoms with Gasteiger partial charge in [0.1, 0.15) is 11.5 Å². The van der Waals surface area contributed by atoms with Gasteiger partial charge in [0.15, 0.2) is 0 Å². The van der Waals surface area contributed by atoms with Gasteiger partial charge in [-0.25, -0.2) is 0 Å². The molecule has 1 fully saturated rings. The Morgan fingerprint density at radius 1 is 1.17 bits per heavy atom. The van der Waals surface area contributed by atoms with Crippen molar-refractivity contribution in [3.05, 3.63) is 29.7 Å². The summed E-state index contributed by atoms with van der Waals surface area (Å²) in [6.45, 7) is 5.88. The highest BCUT2D eigenvalue weighted by Gasteiger charge is 2.21. The average molecular weight is 333 g/mol. The quantitative estimate of drug-likeness (QED) is 0.808. The minimum atomic E-state index is -0.266. The zero-order valence-corrected chi connectivity index (χ0v) is 14.1. The van der Waals surface area contributed by atoms with E-state index in [1.807, 2.05) is 13.0 Å². The third kappa shape index (κ3) is 5.26. The molecule has 3 amide bonds. The van der Waals surface area contributed by atoms with Crippen molar-refractivity contribution in [2.24, 2.45) is 0 Å². The van der Waals surface area contributed by atoms with E-state index in [1.54, 1.807) is 21.9 Å². The number of carbonyl (C=O) groups excluding carboxylic acids is 3. The number of amides is 3. The first-order valence-electron chi connectivity index (χ1n) is 8.01. The molecule has 1 N–H and O–H groups in total. The number of nitrogens with zero attached hydrogens (tertiary/aromatic N) is 2. The maximum atomic E-state index is 12.1. The summed E-state index contributed by atoms with van der Waals surface area (Å²) in [5, 5.41) is 2.68. The molecule has 1 aliphatic rings. The summed E-state index contributed by atoms with van der Waals surface area (Å²) in [4.78, 5) is 38.5. The van der Waals surface area contributed by atoms with Crippen LogP contribution in [0, 0.1) is 6.92 Å². The van der Waals surface area contributed by atoms with Gasteiger partial charge in [-0.15, -0.1) is 0 Å². The Kier molecular flexibility index (Phi) is 6.17. The molecule has 1 aliphatic heterocycles. The molecule has 7 nitrogen and oxygen atoms in total. The Morgan fingerprint density at radius 3 is 2.42 bits per heavy atom. The molecule has 0 radical (unpaired) electrons. The van der Waals surface area contributed by atoms with Crippen LogP contribution in [0.1, 0.15) is 24.9 Å². The Hall–Kier alpha value is -2.57. The van der Waals surface area contributed by atoms with Gasteiger partial charge in [0.25, 0.3) is 0 Å². The molecule has 0 saturated carbocycles. The topological polar surface area (TPSA) is 82.9 Å². The molecule has 1 saturated heterocycles. The number of nitrogens with one attached hydrogen (secondary N) is 1. The molecule has 0 atom stereocenters. The molecule has 2 rings (SSSR count). The van der Waals surface area contributed by atoms with E-state index in [0.29, 0.717) is 31.9 Å². The van der Waals surface area contributed by atoms with E-state index in [1.165, 1.54) is 13.0 Å². The number of piperazine rings is 1. The maximum Gasteiger partial charge on any atom is 0.244 e. The van der Waals surface area contributed by atoms with Crippen LogP contribution in [-0.2, 0) is 14.4 Å². The summed E-state index contributed by atoms with van der Waals surface area (Å²) in [5.74, 6) is 1.16. The van der Waals surface area contributed by atoms with Gasteiger partial charge in [-0.3, -0.25) is 14.4 Å². The normalized spacial score (nSPS) is 14.9. The van der Waals surface area contributed by atoms with E-state index in [2.05, 4.69) is 5.32 Å². The highest BCUT2D eigenvalue weighted by Crippen LogP contribution is 2.07. The van der Waals surface area contributed by atoms with Crippen LogP contribution in [0.4, 0.5) is 0 Å². The zero-order chi connectivity index (χ0) is 17.5. The Balaban J connectivity index is 1.66. The fourth-order valence-corrected chi connectivity index (χ4v) is 2.48. The summed E-state index contributed by atoms with van der Waals surface area (Å²) in [5.41, 5.74) is 0. The van der Waals surface area contributed by atoms with Crippen molar-refractivity contribution in [2.45, 2.75) is 20.3 Å². The minimum Gasteiger partial charge on any atom is -0.462 e. The molecule has 24 heavy (non-hydrogen) atoms. The van der Waals surface area contributed by atoms with Crippen LogP contribution >= 0.6 is 0 Å². The van der Waals surface area contributed by atoms with Crippen LogP contribution in [0.2, 0.25) is 0 Å². The van der Waals surface area contributed by atoms with Crippen molar-refractivity contribution >= 4 is 23.8 Å². The van der Waals surface area contributed by atoms with Gasteiger partial charge < -0.3 is 19.5 Å². The van der Waals surface area contributed by atoms with Gasteiger partial charge in [-0.05, 0) is 25.1 Å². The molecule has 0 unspecified atom stereocenters. The first kappa shape index (κ1) is 17.8. The van der Waals surface area contributed by atoms with Crippen molar-refractivity contribution in [3.8, 4) is 0 Å². The Bertz CT molecular complexity index is 628. The van der Waals surface area contributed by atoms with Crippen molar-refractivity contribution in [2.75, 3.05) is 32.7 Å². The second-order valence-corrected chi connectivity index (χ2v) is 5.71. The standard InChI is InChI=1S/C17H23N3O4/c1-13-3-4-15(24-13)5-6-16(22)18-8-7-17(23)20-11-9-19(10-12-20)14(2)21/h3-6H,7-12H2,1-2H3,(H,18,22)/b6-5+. The zero-order valence-electron chi connectivity index (χ0n) is 14.1. The molecule has 7 heteroatoms. The molecule has 0 bridgehead atoms. The first-order valence-corrected chi connectivity index (χ1v) is 8.01. The highest BCUT2D eigenvalue weighted by atomic mass is 16.3. The van der Waals surface area contributed by atoms with Crippen LogP contribution < -0.4 is 5.32 Å². The lowest BCUT2D eigenvalue weighted by Crippen LogP contribution is -2.50. The van der Waals surface area contributed by atoms with Crippen molar-refractivity contribution in [1.29, 1.82) is 0 Å². The van der Waals surface area contributed by atoms with Crippen LogP contribution in [0.15, 0.2) is 22.6 Å². The van der Waals surface area contributed by atoms with Crippen molar-refractivity contribution < 1.29 is 18.8 Å². The fourth-order valence-electron chi connectivity index (χ4n) is 2.48. The molecular weight excluding hydrogens is 310 g/mol. The summed E-state index contributed by atoms with van der Waals surface area (Å²) >= 11 is 0. The van der Waals surface area contributed by atoms with Gasteiger partial charge in [0, 0.05) is 52.1 Å². The van der Waals surface area contributed by atoms with Gasteiger partial charge >= 0.3 is 0 Å². The third-order valence-electron chi connectivity index (χ3n) is 3.88. The Morgan fingerprint density at radius 2 is 1.83 bits per heavy atom. The number of rotatable bonds is 5. The lowest BCUT2D eigenvalue weighted by Gasteiger charge is -2.34. The van der Waals surface area contributed by atoms with E-state index in [9.17, 15) is 14.4 Å². The lowest BCUT2D eigenvalue weighted by molar-refractivity contribution is -0.138. The SMILES string of the molecule is CC(=O)N1CCN(C(=O)CCNC(=O)/C=C/c2ccc(C)o2)CC1. The molecule has 0 aliphatic carbocycles. The largest absolute Gasteiger partial charge is 0.462 e. The van der Waals surface area contributed by atoms with Crippen LogP contribution in [0.5, 0.6) is 0 Å². The molecule has 0 aromatic carbocycles. The van der Waals surface area contributed by atoms with Crippen LogP contribution in [-0.4, -0.2) is 60.2 Å². The highest BCUT2D eigenvalue weighted by molar-refractivity contribution is 5.91. The predicted molar refractivity (Wildman–Crippen MR) is 88.9 cm³/mol. The molecular formula is C17H23N3O4. The molecule has 2 heterocycles. The van der Waals surface area contributed by atoms with Gasteiger partial charge in [-0.1, -0.05) is 0 Å². The van der Waals surface area contributed by atoms with E-state index in [-0.39, 0.29) is 30.7 Å². The van der Waals surface area contributed by atoms with Gasteiger partial charge in [-0.2, -0.15) is 0 Å². The first-order chi connectivity index (χ1) is 11.5. The number of furan rings is 1. The fraction of sp³-hybridized carbons (Fsp3) is 0.471. The maximum absolute atomic E-state index is 12.1. The minimum absolute atomic E-state index is 0.0101. The lowest BCUT2D eigenvalue weighted by atomic mass is 10.2. The van der Waals surface area contributed by atoms with Gasteiger partial charge in [0.2, 0.25) is 17.7 Å². The third-order valence-corrected chi connectivity index (χ3v) is 3.88. The van der Waals surface area contributed by atoms with Crippen molar-refractivity contribution in [1.82, 2.24) is 15.1 Å². The predicted octanol–water partition coefficient (Wildman–Crippen LogP) is 0.798. The second-order valence-electron chi connectivity index (χ2n) is 5.71. The molecule has 1 aromatic heterocycles. The number of aryl methyl sites for hydroxylation is 1. The summed E-state index contributed by atoms with van der Waals surface area (Å²) in [7, 11) is 0. The van der Waals surface area contributed by atoms with Gasteiger partial charge in [0.05, 0.1) is 0 Å².